The summed E-state index contributed by atoms with van der Waals surface area (Å²) in [7, 11) is 3.30. The van der Waals surface area contributed by atoms with Crippen LogP contribution in [0.3, 0.4) is 0 Å². The van der Waals surface area contributed by atoms with Crippen molar-refractivity contribution in [2.75, 3.05) is 26.3 Å². The minimum absolute atomic E-state index is 0.486. The zero-order chi connectivity index (χ0) is 9.68. The second-order valence-electron chi connectivity index (χ2n) is 2.81. The molecule has 0 spiro atoms. The van der Waals surface area contributed by atoms with Crippen molar-refractivity contribution in [2.45, 2.75) is 6.92 Å². The van der Waals surface area contributed by atoms with Crippen LogP contribution in [0, 0.1) is 6.92 Å². The van der Waals surface area contributed by atoms with Gasteiger partial charge in [0.15, 0.2) is 0 Å². The highest BCUT2D eigenvalue weighted by Crippen LogP contribution is 2.24. The first-order chi connectivity index (χ1) is 6.27. The van der Waals surface area contributed by atoms with Crippen LogP contribution >= 0.6 is 0 Å². The van der Waals surface area contributed by atoms with Crippen molar-refractivity contribution in [3.8, 4) is 5.75 Å². The number of rotatable bonds is 4. The molecule has 0 fully saturated rings. The van der Waals surface area contributed by atoms with Crippen LogP contribution in [0.5, 0.6) is 5.75 Å². The van der Waals surface area contributed by atoms with E-state index in [4.69, 9.17) is 9.47 Å². The molecule has 3 nitrogen and oxygen atoms in total. The SMILES string of the molecule is COCNc1cc(C)ccc1OC. The molecule has 0 bridgehead atoms. The van der Waals surface area contributed by atoms with Crippen LogP contribution in [0.25, 0.3) is 0 Å². The van der Waals surface area contributed by atoms with Crippen LogP contribution in [0.4, 0.5) is 5.69 Å². The topological polar surface area (TPSA) is 30.5 Å². The average Bonchev–Trinajstić information content (AvgIpc) is 2.15. The third kappa shape index (κ3) is 2.63. The quantitative estimate of drug-likeness (QED) is 0.721. The van der Waals surface area contributed by atoms with Crippen LogP contribution in [-0.2, 0) is 4.74 Å². The average molecular weight is 181 g/mol. The van der Waals surface area contributed by atoms with E-state index >= 15 is 0 Å². The molecule has 1 N–H and O–H groups in total. The second kappa shape index (κ2) is 4.72. The number of ether oxygens (including phenoxy) is 2. The second-order valence-corrected chi connectivity index (χ2v) is 2.81. The van der Waals surface area contributed by atoms with Gasteiger partial charge in [-0.15, -0.1) is 0 Å². The normalized spacial score (nSPS) is 9.77. The van der Waals surface area contributed by atoms with Gasteiger partial charge >= 0.3 is 0 Å². The highest BCUT2D eigenvalue weighted by Gasteiger charge is 2.00. The zero-order valence-electron chi connectivity index (χ0n) is 8.26. The molecule has 0 atom stereocenters. The van der Waals surface area contributed by atoms with E-state index < -0.39 is 0 Å². The number of hydrogen-bond acceptors (Lipinski definition) is 3. The van der Waals surface area contributed by atoms with Crippen LogP contribution < -0.4 is 10.1 Å². The Hall–Kier alpha value is -1.22. The van der Waals surface area contributed by atoms with E-state index in [1.54, 1.807) is 14.2 Å². The van der Waals surface area contributed by atoms with Crippen molar-refractivity contribution in [3.63, 3.8) is 0 Å². The summed E-state index contributed by atoms with van der Waals surface area (Å²) >= 11 is 0. The van der Waals surface area contributed by atoms with E-state index in [0.717, 1.165) is 11.4 Å². The molecule has 0 aliphatic carbocycles. The third-order valence-corrected chi connectivity index (χ3v) is 1.76. The summed E-state index contributed by atoms with van der Waals surface area (Å²) in [5.74, 6) is 0.836. The molecule has 0 radical (unpaired) electrons. The fraction of sp³-hybridized carbons (Fsp3) is 0.400. The summed E-state index contributed by atoms with van der Waals surface area (Å²) in [5, 5.41) is 3.11. The highest BCUT2D eigenvalue weighted by atomic mass is 16.5. The Labute approximate surface area is 78.7 Å². The van der Waals surface area contributed by atoms with Crippen molar-refractivity contribution in [1.29, 1.82) is 0 Å². The maximum absolute atomic E-state index is 5.18. The molecule has 0 aromatic heterocycles. The first-order valence-corrected chi connectivity index (χ1v) is 4.15. The number of methoxy groups -OCH3 is 2. The van der Waals surface area contributed by atoms with Crippen LogP contribution in [0.2, 0.25) is 0 Å². The predicted octanol–water partition coefficient (Wildman–Crippen LogP) is 2.02. The molecule has 1 aromatic carbocycles. The largest absolute Gasteiger partial charge is 0.495 e. The lowest BCUT2D eigenvalue weighted by molar-refractivity contribution is 0.221. The molecule has 0 saturated carbocycles. The molecule has 3 heteroatoms. The molecule has 0 unspecified atom stereocenters. The molecule has 0 aliphatic rings. The Morgan fingerprint density at radius 3 is 2.69 bits per heavy atom. The van der Waals surface area contributed by atoms with Gasteiger partial charge in [0, 0.05) is 7.11 Å². The van der Waals surface area contributed by atoms with E-state index in [1.165, 1.54) is 5.56 Å². The lowest BCUT2D eigenvalue weighted by Gasteiger charge is -2.10. The van der Waals surface area contributed by atoms with Crippen molar-refractivity contribution in [2.24, 2.45) is 0 Å². The van der Waals surface area contributed by atoms with Crippen molar-refractivity contribution in [1.82, 2.24) is 0 Å². The predicted molar refractivity (Wildman–Crippen MR) is 53.2 cm³/mol. The maximum atomic E-state index is 5.18. The molecular weight excluding hydrogens is 166 g/mol. The summed E-state index contributed by atoms with van der Waals surface area (Å²) in [6.07, 6.45) is 0. The Balaban J connectivity index is 2.81. The van der Waals surface area contributed by atoms with E-state index in [0.29, 0.717) is 6.73 Å². The van der Waals surface area contributed by atoms with Gasteiger partial charge in [0.25, 0.3) is 0 Å². The van der Waals surface area contributed by atoms with Crippen LogP contribution in [0.15, 0.2) is 18.2 Å². The summed E-state index contributed by atoms with van der Waals surface area (Å²) in [4.78, 5) is 0. The number of hydrogen-bond donors (Lipinski definition) is 1. The van der Waals surface area contributed by atoms with Gasteiger partial charge in [-0.1, -0.05) is 6.07 Å². The van der Waals surface area contributed by atoms with Gasteiger partial charge < -0.3 is 14.8 Å². The lowest BCUT2D eigenvalue weighted by Crippen LogP contribution is -2.04. The van der Waals surface area contributed by atoms with Gasteiger partial charge in [-0.2, -0.15) is 0 Å². The molecular formula is C10H15NO2. The van der Waals surface area contributed by atoms with E-state index in [9.17, 15) is 0 Å². The van der Waals surface area contributed by atoms with E-state index in [2.05, 4.69) is 5.32 Å². The smallest absolute Gasteiger partial charge is 0.142 e. The minimum atomic E-state index is 0.486. The highest BCUT2D eigenvalue weighted by molar-refractivity contribution is 5.57. The Bertz CT molecular complexity index is 274. The summed E-state index contributed by atoms with van der Waals surface area (Å²) in [6.45, 7) is 2.53. The minimum Gasteiger partial charge on any atom is -0.495 e. The molecule has 72 valence electrons. The van der Waals surface area contributed by atoms with Crippen molar-refractivity contribution < 1.29 is 9.47 Å². The molecule has 0 saturated heterocycles. The Morgan fingerprint density at radius 1 is 1.31 bits per heavy atom. The van der Waals surface area contributed by atoms with Gasteiger partial charge in [0.2, 0.25) is 0 Å². The molecule has 1 aromatic rings. The lowest BCUT2D eigenvalue weighted by atomic mass is 10.2. The number of nitrogens with one attached hydrogen (secondary N) is 1. The zero-order valence-corrected chi connectivity index (χ0v) is 8.26. The fourth-order valence-corrected chi connectivity index (χ4v) is 1.11. The number of benzene rings is 1. The first-order valence-electron chi connectivity index (χ1n) is 4.15. The molecule has 0 amide bonds. The Morgan fingerprint density at radius 2 is 2.08 bits per heavy atom. The van der Waals surface area contributed by atoms with Crippen LogP contribution in [0.1, 0.15) is 5.56 Å². The molecule has 0 aliphatic heterocycles. The van der Waals surface area contributed by atoms with Crippen molar-refractivity contribution in [3.05, 3.63) is 23.8 Å². The third-order valence-electron chi connectivity index (χ3n) is 1.76. The number of aryl methyl sites for hydroxylation is 1. The fourth-order valence-electron chi connectivity index (χ4n) is 1.11. The van der Waals surface area contributed by atoms with E-state index in [-0.39, 0.29) is 0 Å². The van der Waals surface area contributed by atoms with E-state index in [1.807, 2.05) is 25.1 Å². The summed E-state index contributed by atoms with van der Waals surface area (Å²) < 4.78 is 10.1. The number of anilines is 1. The standard InChI is InChI=1S/C10H15NO2/c1-8-4-5-10(13-3)9(6-8)11-7-12-2/h4-6,11H,7H2,1-3H3. The van der Waals surface area contributed by atoms with Gasteiger partial charge in [0.05, 0.1) is 12.8 Å². The van der Waals surface area contributed by atoms with Crippen LogP contribution in [-0.4, -0.2) is 21.0 Å². The maximum Gasteiger partial charge on any atom is 0.142 e. The monoisotopic (exact) mass is 181 g/mol. The van der Waals surface area contributed by atoms with Gasteiger partial charge in [-0.25, -0.2) is 0 Å². The van der Waals surface area contributed by atoms with Crippen molar-refractivity contribution >= 4 is 5.69 Å². The summed E-state index contributed by atoms with van der Waals surface area (Å²) in [5.41, 5.74) is 2.16. The molecule has 13 heavy (non-hydrogen) atoms. The summed E-state index contributed by atoms with van der Waals surface area (Å²) in [6, 6.07) is 5.97. The van der Waals surface area contributed by atoms with Gasteiger partial charge in [-0.05, 0) is 24.6 Å². The van der Waals surface area contributed by atoms with Gasteiger partial charge in [0.1, 0.15) is 12.5 Å². The molecule has 1 rings (SSSR count). The first kappa shape index (κ1) is 9.86. The Kier molecular flexibility index (Phi) is 3.58. The molecule has 0 heterocycles. The van der Waals surface area contributed by atoms with Gasteiger partial charge in [-0.3, -0.25) is 0 Å².